The van der Waals surface area contributed by atoms with Crippen LogP contribution in [-0.4, -0.2) is 28.9 Å². The van der Waals surface area contributed by atoms with Gasteiger partial charge in [-0.05, 0) is 55.2 Å². The summed E-state index contributed by atoms with van der Waals surface area (Å²) in [7, 11) is -3.99. The molecule has 0 N–H and O–H groups in total. The number of sulfonamides is 1. The van der Waals surface area contributed by atoms with Crippen LogP contribution in [0.1, 0.15) is 38.2 Å². The van der Waals surface area contributed by atoms with Gasteiger partial charge in [-0.15, -0.1) is 0 Å². The van der Waals surface area contributed by atoms with Crippen LogP contribution in [0, 0.1) is 17.6 Å². The molecule has 32 heavy (non-hydrogen) atoms. The van der Waals surface area contributed by atoms with Crippen molar-refractivity contribution < 1.29 is 21.7 Å². The molecule has 3 aromatic rings. The van der Waals surface area contributed by atoms with Gasteiger partial charge in [-0.3, -0.25) is 0 Å². The predicted octanol–water partition coefficient (Wildman–Crippen LogP) is 5.44. The van der Waals surface area contributed by atoms with Crippen molar-refractivity contribution in [2.75, 3.05) is 0 Å². The Hall–Kier alpha value is -2.36. The maximum atomic E-state index is 15.0. The molecule has 170 valence electrons. The van der Waals surface area contributed by atoms with E-state index in [0.717, 1.165) is 37.8 Å². The van der Waals surface area contributed by atoms with Crippen molar-refractivity contribution in [1.29, 1.82) is 0 Å². The quantitative estimate of drug-likeness (QED) is 0.468. The molecule has 1 heterocycles. The van der Waals surface area contributed by atoms with Gasteiger partial charge in [0.2, 0.25) is 22.2 Å². The summed E-state index contributed by atoms with van der Waals surface area (Å²) >= 11 is 5.92. The molecule has 1 aliphatic carbocycles. The van der Waals surface area contributed by atoms with Gasteiger partial charge in [-0.1, -0.05) is 36.5 Å². The van der Waals surface area contributed by atoms with E-state index in [1.165, 1.54) is 28.6 Å². The fourth-order valence-corrected chi connectivity index (χ4v) is 6.04. The van der Waals surface area contributed by atoms with E-state index in [4.69, 9.17) is 11.6 Å². The van der Waals surface area contributed by atoms with Crippen molar-refractivity contribution >= 4 is 21.6 Å². The molecule has 1 aromatic heterocycles. The molecule has 1 fully saturated rings. The lowest BCUT2D eigenvalue weighted by Crippen LogP contribution is -2.44. The van der Waals surface area contributed by atoms with E-state index in [9.17, 15) is 17.2 Å². The molecule has 6 nitrogen and oxygen atoms in total. The summed E-state index contributed by atoms with van der Waals surface area (Å²) < 4.78 is 62.8. The largest absolute Gasteiger partial charge is 0.342 e. The molecule has 0 aliphatic heterocycles. The number of rotatable bonds is 6. The third-order valence-electron chi connectivity index (χ3n) is 5.92. The Morgan fingerprint density at radius 3 is 2.50 bits per heavy atom. The van der Waals surface area contributed by atoms with E-state index in [1.807, 2.05) is 6.92 Å². The van der Waals surface area contributed by atoms with E-state index in [-0.39, 0.29) is 40.4 Å². The standard InChI is InChI=1S/C22H22ClF2N3O3S/c1-14-4-2-3-5-21(14)28(32(29,30)17-8-6-16(23)7-9-17)12-15-10-20(25)18(11-19(15)24)22-26-13-31-27-22/h6-11,13-14,21H,2-5,12H2,1H3/t14-,21-/m1/s1. The third-order valence-corrected chi connectivity index (χ3v) is 8.06. The number of hydrogen-bond donors (Lipinski definition) is 0. The Kier molecular flexibility index (Phi) is 6.60. The lowest BCUT2D eigenvalue weighted by Gasteiger charge is -2.38. The normalized spacial score (nSPS) is 19.4. The number of benzene rings is 2. The average molecular weight is 482 g/mol. The van der Waals surface area contributed by atoms with Crippen molar-refractivity contribution in [3.05, 3.63) is 65.0 Å². The van der Waals surface area contributed by atoms with Gasteiger partial charge in [0.1, 0.15) is 11.6 Å². The predicted molar refractivity (Wildman–Crippen MR) is 115 cm³/mol. The van der Waals surface area contributed by atoms with Crippen LogP contribution in [0.25, 0.3) is 11.4 Å². The van der Waals surface area contributed by atoms with Crippen molar-refractivity contribution in [3.8, 4) is 11.4 Å². The number of aromatic nitrogens is 2. The maximum absolute atomic E-state index is 15.0. The van der Waals surface area contributed by atoms with Crippen LogP contribution in [0.5, 0.6) is 0 Å². The monoisotopic (exact) mass is 481 g/mol. The van der Waals surface area contributed by atoms with E-state index in [0.29, 0.717) is 11.4 Å². The summed E-state index contributed by atoms with van der Waals surface area (Å²) in [6.07, 6.45) is 4.42. The van der Waals surface area contributed by atoms with Crippen molar-refractivity contribution in [2.24, 2.45) is 5.92 Å². The van der Waals surface area contributed by atoms with Crippen LogP contribution in [-0.2, 0) is 16.6 Å². The van der Waals surface area contributed by atoms with Crippen LogP contribution in [0.3, 0.4) is 0 Å². The van der Waals surface area contributed by atoms with E-state index in [1.54, 1.807) is 0 Å². The van der Waals surface area contributed by atoms with Crippen LogP contribution in [0.2, 0.25) is 5.02 Å². The topological polar surface area (TPSA) is 76.3 Å². The number of hydrogen-bond acceptors (Lipinski definition) is 5. The Balaban J connectivity index is 1.74. The van der Waals surface area contributed by atoms with Crippen molar-refractivity contribution in [1.82, 2.24) is 14.4 Å². The SMILES string of the molecule is C[C@@H]1CCCC[C@H]1N(Cc1cc(F)c(-c2ncon2)cc1F)S(=O)(=O)c1ccc(Cl)cc1. The molecule has 1 saturated carbocycles. The minimum absolute atomic E-state index is 0.0592. The molecule has 4 rings (SSSR count). The fourth-order valence-electron chi connectivity index (χ4n) is 4.18. The zero-order valence-corrected chi connectivity index (χ0v) is 18.9. The zero-order valence-electron chi connectivity index (χ0n) is 17.3. The fraction of sp³-hybridized carbons (Fsp3) is 0.364. The number of nitrogens with zero attached hydrogens (tertiary/aromatic N) is 3. The second-order valence-corrected chi connectivity index (χ2v) is 10.3. The van der Waals surface area contributed by atoms with Crippen LogP contribution in [0.15, 0.2) is 52.2 Å². The average Bonchev–Trinajstić information content (AvgIpc) is 3.29. The first-order valence-electron chi connectivity index (χ1n) is 10.3. The highest BCUT2D eigenvalue weighted by atomic mass is 35.5. The summed E-state index contributed by atoms with van der Waals surface area (Å²) in [6, 6.07) is 7.48. The number of halogens is 3. The minimum Gasteiger partial charge on any atom is -0.342 e. The first-order chi connectivity index (χ1) is 15.3. The first-order valence-corrected chi connectivity index (χ1v) is 12.1. The molecule has 1 aliphatic rings. The van der Waals surface area contributed by atoms with Crippen LogP contribution < -0.4 is 0 Å². The molecule has 0 saturated heterocycles. The van der Waals surface area contributed by atoms with Gasteiger partial charge >= 0.3 is 0 Å². The molecule has 0 bridgehead atoms. The van der Waals surface area contributed by atoms with Gasteiger partial charge in [0, 0.05) is 23.2 Å². The molecule has 0 radical (unpaired) electrons. The van der Waals surface area contributed by atoms with E-state index >= 15 is 0 Å². The summed E-state index contributed by atoms with van der Waals surface area (Å²) in [4.78, 5) is 3.81. The summed E-state index contributed by atoms with van der Waals surface area (Å²) in [5, 5.41) is 3.95. The van der Waals surface area contributed by atoms with Crippen LogP contribution >= 0.6 is 11.6 Å². The second kappa shape index (κ2) is 9.25. The maximum Gasteiger partial charge on any atom is 0.243 e. The molecule has 2 aromatic carbocycles. The Morgan fingerprint density at radius 1 is 1.12 bits per heavy atom. The molecule has 0 unspecified atom stereocenters. The molecule has 10 heteroatoms. The molecular formula is C22H22ClF2N3O3S. The van der Waals surface area contributed by atoms with E-state index < -0.39 is 21.7 Å². The Bertz CT molecular complexity index is 1190. The van der Waals surface area contributed by atoms with Crippen LogP contribution in [0.4, 0.5) is 8.78 Å². The zero-order chi connectivity index (χ0) is 22.9. The van der Waals surface area contributed by atoms with E-state index in [2.05, 4.69) is 14.7 Å². The third kappa shape index (κ3) is 4.55. The highest BCUT2D eigenvalue weighted by molar-refractivity contribution is 7.89. The summed E-state index contributed by atoms with van der Waals surface area (Å²) in [5.74, 6) is -1.51. The molecule has 0 spiro atoms. The van der Waals surface area contributed by atoms with Gasteiger partial charge in [0.15, 0.2) is 0 Å². The second-order valence-electron chi connectivity index (χ2n) is 8.01. The van der Waals surface area contributed by atoms with Gasteiger partial charge in [-0.2, -0.15) is 9.29 Å². The van der Waals surface area contributed by atoms with Gasteiger partial charge in [0.25, 0.3) is 0 Å². The lowest BCUT2D eigenvalue weighted by molar-refractivity contribution is 0.184. The minimum atomic E-state index is -3.99. The lowest BCUT2D eigenvalue weighted by atomic mass is 9.86. The van der Waals surface area contributed by atoms with Crippen molar-refractivity contribution in [3.63, 3.8) is 0 Å². The smallest absolute Gasteiger partial charge is 0.243 e. The Morgan fingerprint density at radius 2 is 1.84 bits per heavy atom. The summed E-state index contributed by atoms with van der Waals surface area (Å²) in [5.41, 5.74) is -0.219. The first kappa shape index (κ1) is 22.8. The van der Waals surface area contributed by atoms with Gasteiger partial charge < -0.3 is 4.52 Å². The highest BCUT2D eigenvalue weighted by Crippen LogP contribution is 2.34. The summed E-state index contributed by atoms with van der Waals surface area (Å²) in [6.45, 7) is 1.69. The van der Waals surface area contributed by atoms with Gasteiger partial charge in [0.05, 0.1) is 10.5 Å². The van der Waals surface area contributed by atoms with Crippen molar-refractivity contribution in [2.45, 2.75) is 50.1 Å². The molecule has 2 atom stereocenters. The molecule has 0 amide bonds. The Labute approximate surface area is 190 Å². The molecular weight excluding hydrogens is 460 g/mol. The van der Waals surface area contributed by atoms with Gasteiger partial charge in [-0.25, -0.2) is 17.2 Å². The highest BCUT2D eigenvalue weighted by Gasteiger charge is 2.36.